The summed E-state index contributed by atoms with van der Waals surface area (Å²) in [6.07, 6.45) is 5.31. The molecule has 1 saturated heterocycles. The summed E-state index contributed by atoms with van der Waals surface area (Å²) in [7, 11) is 2.16. The highest BCUT2D eigenvalue weighted by Gasteiger charge is 2.19. The highest BCUT2D eigenvalue weighted by molar-refractivity contribution is 9.10. The molecule has 0 amide bonds. The van der Waals surface area contributed by atoms with Crippen molar-refractivity contribution >= 4 is 15.9 Å². The quantitative estimate of drug-likeness (QED) is 0.798. The summed E-state index contributed by atoms with van der Waals surface area (Å²) in [5.41, 5.74) is 0. The first-order chi connectivity index (χ1) is 7.75. The van der Waals surface area contributed by atoms with Crippen LogP contribution in [0.1, 0.15) is 19.3 Å². The number of halogens is 1. The van der Waals surface area contributed by atoms with E-state index in [-0.39, 0.29) is 0 Å². The van der Waals surface area contributed by atoms with Crippen molar-refractivity contribution in [2.45, 2.75) is 25.3 Å². The summed E-state index contributed by atoms with van der Waals surface area (Å²) in [6, 6.07) is 2.31. The molecular formula is C11H16BrN3O. The molecule has 1 fully saturated rings. The fourth-order valence-corrected chi connectivity index (χ4v) is 2.22. The van der Waals surface area contributed by atoms with Crippen molar-refractivity contribution in [2.75, 3.05) is 20.2 Å². The highest BCUT2D eigenvalue weighted by Crippen LogP contribution is 2.17. The lowest BCUT2D eigenvalue weighted by Gasteiger charge is -2.31. The second kappa shape index (κ2) is 5.59. The van der Waals surface area contributed by atoms with Crippen LogP contribution in [-0.2, 0) is 0 Å². The van der Waals surface area contributed by atoms with Gasteiger partial charge >= 0.3 is 0 Å². The normalized spacial score (nSPS) is 22.0. The maximum Gasteiger partial charge on any atom is 0.217 e. The van der Waals surface area contributed by atoms with Gasteiger partial charge in [-0.1, -0.05) is 6.42 Å². The molecule has 4 nitrogen and oxygen atoms in total. The number of nitrogens with zero attached hydrogens (tertiary/aromatic N) is 3. The molecule has 2 heterocycles. The number of ether oxygens (including phenoxy) is 1. The number of hydrogen-bond acceptors (Lipinski definition) is 4. The molecule has 0 spiro atoms. The molecule has 0 bridgehead atoms. The molecule has 0 N–H and O–H groups in total. The monoisotopic (exact) mass is 285 g/mol. The van der Waals surface area contributed by atoms with Gasteiger partial charge in [-0.15, -0.1) is 0 Å². The first-order valence-corrected chi connectivity index (χ1v) is 6.35. The Balaban J connectivity index is 1.86. The molecule has 88 valence electrons. The lowest BCUT2D eigenvalue weighted by atomic mass is 10.0. The van der Waals surface area contributed by atoms with E-state index in [9.17, 15) is 0 Å². The van der Waals surface area contributed by atoms with Crippen LogP contribution < -0.4 is 4.74 Å². The van der Waals surface area contributed by atoms with Gasteiger partial charge in [-0.3, -0.25) is 0 Å². The fraction of sp³-hybridized carbons (Fsp3) is 0.636. The average Bonchev–Trinajstić information content (AvgIpc) is 2.28. The van der Waals surface area contributed by atoms with Crippen LogP contribution in [0.3, 0.4) is 0 Å². The van der Waals surface area contributed by atoms with Crippen LogP contribution in [0.5, 0.6) is 5.88 Å². The first-order valence-electron chi connectivity index (χ1n) is 5.56. The van der Waals surface area contributed by atoms with Crippen molar-refractivity contribution in [3.63, 3.8) is 0 Å². The van der Waals surface area contributed by atoms with Crippen LogP contribution in [0.4, 0.5) is 0 Å². The summed E-state index contributed by atoms with van der Waals surface area (Å²) >= 11 is 3.30. The van der Waals surface area contributed by atoms with Gasteiger partial charge in [0.2, 0.25) is 5.88 Å². The number of piperidine rings is 1. The predicted octanol–water partition coefficient (Wildman–Crippen LogP) is 2.10. The van der Waals surface area contributed by atoms with Gasteiger partial charge in [0.25, 0.3) is 0 Å². The third-order valence-electron chi connectivity index (χ3n) is 2.95. The Morgan fingerprint density at radius 1 is 1.50 bits per heavy atom. The van der Waals surface area contributed by atoms with E-state index in [2.05, 4.69) is 37.8 Å². The van der Waals surface area contributed by atoms with Crippen molar-refractivity contribution in [2.24, 2.45) is 0 Å². The largest absolute Gasteiger partial charge is 0.476 e. The van der Waals surface area contributed by atoms with E-state index in [1.165, 1.54) is 32.1 Å². The maximum atomic E-state index is 5.67. The van der Waals surface area contributed by atoms with Gasteiger partial charge < -0.3 is 9.64 Å². The zero-order valence-electron chi connectivity index (χ0n) is 9.40. The first kappa shape index (κ1) is 11.8. The van der Waals surface area contributed by atoms with Crippen molar-refractivity contribution in [3.8, 4) is 5.88 Å². The van der Waals surface area contributed by atoms with Crippen LogP contribution in [0, 0.1) is 0 Å². The Morgan fingerprint density at radius 3 is 3.12 bits per heavy atom. The molecule has 1 aliphatic heterocycles. The van der Waals surface area contributed by atoms with Crippen LogP contribution in [-0.4, -0.2) is 41.1 Å². The Bertz CT molecular complexity index is 348. The molecule has 1 unspecified atom stereocenters. The average molecular weight is 286 g/mol. The Hall–Kier alpha value is -0.680. The summed E-state index contributed by atoms with van der Waals surface area (Å²) in [5.74, 6) is 0.640. The minimum absolute atomic E-state index is 0.516. The smallest absolute Gasteiger partial charge is 0.217 e. The molecule has 0 aromatic carbocycles. The SMILES string of the molecule is CN1CCCCC1COc1cc(Br)ncn1. The Kier molecular flexibility index (Phi) is 4.12. The van der Waals surface area contributed by atoms with Crippen LogP contribution in [0.2, 0.25) is 0 Å². The Labute approximate surface area is 104 Å². The predicted molar refractivity (Wildman–Crippen MR) is 65.5 cm³/mol. The number of likely N-dealkylation sites (tertiary alicyclic amines) is 1. The molecule has 1 atom stereocenters. The molecule has 5 heteroatoms. The van der Waals surface area contributed by atoms with E-state index in [0.29, 0.717) is 18.5 Å². The van der Waals surface area contributed by atoms with Crippen LogP contribution >= 0.6 is 15.9 Å². The molecule has 2 rings (SSSR count). The van der Waals surface area contributed by atoms with Gasteiger partial charge in [0.1, 0.15) is 17.5 Å². The fourth-order valence-electron chi connectivity index (χ4n) is 1.93. The van der Waals surface area contributed by atoms with Crippen molar-refractivity contribution in [1.82, 2.24) is 14.9 Å². The molecule has 0 radical (unpaired) electrons. The minimum Gasteiger partial charge on any atom is -0.476 e. The molecule has 1 aliphatic rings. The molecule has 0 saturated carbocycles. The van der Waals surface area contributed by atoms with E-state index in [4.69, 9.17) is 4.74 Å². The van der Waals surface area contributed by atoms with Gasteiger partial charge in [0.15, 0.2) is 0 Å². The third-order valence-corrected chi connectivity index (χ3v) is 3.39. The van der Waals surface area contributed by atoms with Gasteiger partial charge in [0.05, 0.1) is 0 Å². The van der Waals surface area contributed by atoms with Crippen LogP contribution in [0.15, 0.2) is 17.0 Å². The van der Waals surface area contributed by atoms with E-state index < -0.39 is 0 Å². The topological polar surface area (TPSA) is 38.2 Å². The van der Waals surface area contributed by atoms with E-state index in [0.717, 1.165) is 4.60 Å². The zero-order chi connectivity index (χ0) is 11.4. The minimum atomic E-state index is 0.516. The molecule has 1 aromatic heterocycles. The highest BCUT2D eigenvalue weighted by atomic mass is 79.9. The molecule has 16 heavy (non-hydrogen) atoms. The third kappa shape index (κ3) is 3.15. The van der Waals surface area contributed by atoms with Gasteiger partial charge in [-0.25, -0.2) is 9.97 Å². The molecular weight excluding hydrogens is 270 g/mol. The summed E-state index contributed by atoms with van der Waals surface area (Å²) in [4.78, 5) is 10.4. The maximum absolute atomic E-state index is 5.67. The second-order valence-corrected chi connectivity index (χ2v) is 4.93. The summed E-state index contributed by atoms with van der Waals surface area (Å²) in [6.45, 7) is 1.88. The number of rotatable bonds is 3. The molecule has 1 aromatic rings. The van der Waals surface area contributed by atoms with Gasteiger partial charge in [-0.2, -0.15) is 0 Å². The summed E-state index contributed by atoms with van der Waals surface area (Å²) < 4.78 is 6.43. The van der Waals surface area contributed by atoms with Crippen LogP contribution in [0.25, 0.3) is 0 Å². The number of likely N-dealkylation sites (N-methyl/N-ethyl adjacent to an activating group) is 1. The number of aromatic nitrogens is 2. The van der Waals surface area contributed by atoms with Gasteiger partial charge in [0, 0.05) is 12.1 Å². The lowest BCUT2D eigenvalue weighted by molar-refractivity contribution is 0.122. The van der Waals surface area contributed by atoms with E-state index in [1.54, 1.807) is 6.07 Å². The van der Waals surface area contributed by atoms with Gasteiger partial charge in [-0.05, 0) is 42.4 Å². The van der Waals surface area contributed by atoms with E-state index in [1.807, 2.05) is 0 Å². The standard InChI is InChI=1S/C11H16BrN3O/c1-15-5-3-2-4-9(15)7-16-11-6-10(12)13-8-14-11/h6,8-9H,2-5,7H2,1H3. The summed E-state index contributed by atoms with van der Waals surface area (Å²) in [5, 5.41) is 0. The molecule has 0 aliphatic carbocycles. The van der Waals surface area contributed by atoms with Crippen molar-refractivity contribution in [3.05, 3.63) is 17.0 Å². The van der Waals surface area contributed by atoms with Crippen molar-refractivity contribution in [1.29, 1.82) is 0 Å². The van der Waals surface area contributed by atoms with Crippen molar-refractivity contribution < 1.29 is 4.74 Å². The Morgan fingerprint density at radius 2 is 2.38 bits per heavy atom. The lowest BCUT2D eigenvalue weighted by Crippen LogP contribution is -2.40. The van der Waals surface area contributed by atoms with E-state index >= 15 is 0 Å². The zero-order valence-corrected chi connectivity index (χ0v) is 11.0. The number of hydrogen-bond donors (Lipinski definition) is 0. The second-order valence-electron chi connectivity index (χ2n) is 4.12.